The Hall–Kier alpha value is -3.28. The molecule has 4 rings (SSSR count). The molecule has 3 aromatic rings. The van der Waals surface area contributed by atoms with Crippen molar-refractivity contribution in [2.45, 2.75) is 45.9 Å². The van der Waals surface area contributed by atoms with Crippen LogP contribution in [0.5, 0.6) is 5.75 Å². The number of fused-ring (bicyclic) bond motifs is 1. The first-order valence-corrected chi connectivity index (χ1v) is 10.2. The van der Waals surface area contributed by atoms with Gasteiger partial charge in [0.25, 0.3) is 0 Å². The summed E-state index contributed by atoms with van der Waals surface area (Å²) in [5, 5.41) is 7.65. The van der Waals surface area contributed by atoms with E-state index in [2.05, 4.69) is 10.2 Å². The van der Waals surface area contributed by atoms with Gasteiger partial charge in [0.1, 0.15) is 18.0 Å². The number of carbonyl (C=O) groups excluding carboxylic acids is 1. The first kappa shape index (κ1) is 20.0. The zero-order valence-corrected chi connectivity index (χ0v) is 17.6. The quantitative estimate of drug-likeness (QED) is 0.667. The smallest absolute Gasteiger partial charge is 0.410 e. The van der Waals surface area contributed by atoms with Gasteiger partial charge in [-0.15, -0.1) is 0 Å². The Bertz CT molecular complexity index is 1000. The highest BCUT2D eigenvalue weighted by atomic mass is 16.6. The second kappa shape index (κ2) is 8.22. The van der Waals surface area contributed by atoms with Crippen LogP contribution in [0.1, 0.15) is 37.6 Å². The maximum atomic E-state index is 12.5. The largest absolute Gasteiger partial charge is 0.489 e. The Morgan fingerprint density at radius 2 is 1.83 bits per heavy atom. The molecular weight excluding hydrogens is 378 g/mol. The number of amides is 1. The van der Waals surface area contributed by atoms with E-state index in [-0.39, 0.29) is 6.09 Å². The first-order valence-electron chi connectivity index (χ1n) is 10.2. The van der Waals surface area contributed by atoms with Crippen LogP contribution < -0.4 is 4.74 Å². The summed E-state index contributed by atoms with van der Waals surface area (Å²) in [6.07, 6.45) is 0.449. The van der Waals surface area contributed by atoms with Crippen LogP contribution in [0.2, 0.25) is 0 Å². The molecule has 156 valence electrons. The number of rotatable bonds is 4. The first-order chi connectivity index (χ1) is 14.4. The molecule has 2 aromatic carbocycles. The molecule has 1 aromatic heterocycles. The van der Waals surface area contributed by atoms with Gasteiger partial charge in [0, 0.05) is 29.8 Å². The van der Waals surface area contributed by atoms with Gasteiger partial charge in [-0.25, -0.2) is 4.79 Å². The summed E-state index contributed by atoms with van der Waals surface area (Å²) < 4.78 is 11.4. The van der Waals surface area contributed by atoms with E-state index in [0.29, 0.717) is 19.7 Å². The Labute approximate surface area is 176 Å². The highest BCUT2D eigenvalue weighted by Gasteiger charge is 2.28. The highest BCUT2D eigenvalue weighted by molar-refractivity contribution is 5.71. The van der Waals surface area contributed by atoms with Crippen LogP contribution in [0.25, 0.3) is 11.3 Å². The molecule has 0 atom stereocenters. The van der Waals surface area contributed by atoms with Gasteiger partial charge in [0.05, 0.1) is 12.2 Å². The molecule has 0 aliphatic carbocycles. The lowest BCUT2D eigenvalue weighted by molar-refractivity contribution is 0.0224. The normalized spacial score (nSPS) is 13.6. The van der Waals surface area contributed by atoms with Crippen molar-refractivity contribution in [1.29, 1.82) is 0 Å². The summed E-state index contributed by atoms with van der Waals surface area (Å²) in [5.41, 5.74) is 4.61. The van der Waals surface area contributed by atoms with E-state index in [1.54, 1.807) is 4.90 Å². The summed E-state index contributed by atoms with van der Waals surface area (Å²) >= 11 is 0. The molecule has 1 aliphatic heterocycles. The van der Waals surface area contributed by atoms with Gasteiger partial charge in [-0.3, -0.25) is 5.10 Å². The lowest BCUT2D eigenvalue weighted by atomic mass is 10.0. The Morgan fingerprint density at radius 3 is 2.53 bits per heavy atom. The fourth-order valence-electron chi connectivity index (χ4n) is 3.47. The SMILES string of the molecule is CC(C)(C)OC(=O)N1CCc2[nH]nc(-c3ccc(OCc4ccccc4)cc3)c2C1. The number of hydrogen-bond acceptors (Lipinski definition) is 4. The van der Waals surface area contributed by atoms with Crippen LogP contribution in [0, 0.1) is 0 Å². The Morgan fingerprint density at radius 1 is 1.10 bits per heavy atom. The van der Waals surface area contributed by atoms with Crippen molar-refractivity contribution >= 4 is 6.09 Å². The van der Waals surface area contributed by atoms with E-state index in [0.717, 1.165) is 40.2 Å². The zero-order valence-electron chi connectivity index (χ0n) is 17.6. The molecule has 1 N–H and O–H groups in total. The van der Waals surface area contributed by atoms with Crippen LogP contribution in [-0.2, 0) is 24.3 Å². The zero-order chi connectivity index (χ0) is 21.1. The average molecular weight is 405 g/mol. The summed E-state index contributed by atoms with van der Waals surface area (Å²) in [6, 6.07) is 18.0. The van der Waals surface area contributed by atoms with Gasteiger partial charge in [-0.05, 0) is 50.6 Å². The second-order valence-electron chi connectivity index (χ2n) is 8.48. The number of nitrogens with zero attached hydrogens (tertiary/aromatic N) is 2. The van der Waals surface area contributed by atoms with Crippen LogP contribution in [0.3, 0.4) is 0 Å². The van der Waals surface area contributed by atoms with Gasteiger partial charge in [0.15, 0.2) is 0 Å². The summed E-state index contributed by atoms with van der Waals surface area (Å²) in [5.74, 6) is 0.808. The van der Waals surface area contributed by atoms with E-state index in [1.807, 2.05) is 75.4 Å². The fourth-order valence-corrected chi connectivity index (χ4v) is 3.47. The van der Waals surface area contributed by atoms with Crippen molar-refractivity contribution < 1.29 is 14.3 Å². The van der Waals surface area contributed by atoms with E-state index < -0.39 is 5.60 Å². The Kier molecular flexibility index (Phi) is 5.48. The average Bonchev–Trinajstić information content (AvgIpc) is 3.15. The third-order valence-electron chi connectivity index (χ3n) is 4.96. The molecule has 0 saturated heterocycles. The van der Waals surface area contributed by atoms with Crippen molar-refractivity contribution in [1.82, 2.24) is 15.1 Å². The van der Waals surface area contributed by atoms with Crippen LogP contribution in [-0.4, -0.2) is 33.3 Å². The lowest BCUT2D eigenvalue weighted by Gasteiger charge is -2.30. The maximum Gasteiger partial charge on any atom is 0.410 e. The molecule has 1 amide bonds. The van der Waals surface area contributed by atoms with Gasteiger partial charge >= 0.3 is 6.09 Å². The van der Waals surface area contributed by atoms with Gasteiger partial charge in [-0.1, -0.05) is 30.3 Å². The fraction of sp³-hybridized carbons (Fsp3) is 0.333. The number of H-pyrrole nitrogens is 1. The van der Waals surface area contributed by atoms with E-state index >= 15 is 0 Å². The van der Waals surface area contributed by atoms with E-state index in [1.165, 1.54) is 0 Å². The minimum Gasteiger partial charge on any atom is -0.489 e. The molecule has 6 heteroatoms. The predicted octanol–water partition coefficient (Wildman–Crippen LogP) is 4.95. The van der Waals surface area contributed by atoms with Gasteiger partial charge in [-0.2, -0.15) is 5.10 Å². The number of hydrogen-bond donors (Lipinski definition) is 1. The second-order valence-corrected chi connectivity index (χ2v) is 8.48. The molecule has 0 saturated carbocycles. The standard InChI is InChI=1S/C24H27N3O3/c1-24(2,3)30-23(28)27-14-13-21-20(15-27)22(26-25-21)18-9-11-19(12-10-18)29-16-17-7-5-4-6-8-17/h4-12H,13-16H2,1-3H3,(H,25,26). The Balaban J connectivity index is 1.46. The van der Waals surface area contributed by atoms with Crippen molar-refractivity contribution in [3.8, 4) is 17.0 Å². The molecule has 1 aliphatic rings. The van der Waals surface area contributed by atoms with Crippen LogP contribution in [0.15, 0.2) is 54.6 Å². The molecule has 30 heavy (non-hydrogen) atoms. The summed E-state index contributed by atoms with van der Waals surface area (Å²) in [4.78, 5) is 14.2. The monoisotopic (exact) mass is 405 g/mol. The van der Waals surface area contributed by atoms with Crippen LogP contribution in [0.4, 0.5) is 4.79 Å². The molecule has 0 radical (unpaired) electrons. The summed E-state index contributed by atoms with van der Waals surface area (Å²) in [6.45, 7) is 7.28. The van der Waals surface area contributed by atoms with Gasteiger partial charge < -0.3 is 14.4 Å². The van der Waals surface area contributed by atoms with Crippen molar-refractivity contribution in [3.05, 3.63) is 71.4 Å². The minimum atomic E-state index is -0.508. The topological polar surface area (TPSA) is 67.5 Å². The number of aromatic amines is 1. The van der Waals surface area contributed by atoms with Crippen molar-refractivity contribution in [3.63, 3.8) is 0 Å². The third-order valence-corrected chi connectivity index (χ3v) is 4.96. The molecular formula is C24H27N3O3. The molecule has 2 heterocycles. The number of carbonyl (C=O) groups is 1. The number of ether oxygens (including phenoxy) is 2. The molecule has 0 unspecified atom stereocenters. The van der Waals surface area contributed by atoms with E-state index in [4.69, 9.17) is 9.47 Å². The van der Waals surface area contributed by atoms with Crippen molar-refractivity contribution in [2.24, 2.45) is 0 Å². The van der Waals surface area contributed by atoms with Crippen molar-refractivity contribution in [2.75, 3.05) is 6.54 Å². The molecule has 6 nitrogen and oxygen atoms in total. The number of aromatic nitrogens is 2. The molecule has 0 fully saturated rings. The van der Waals surface area contributed by atoms with Gasteiger partial charge in [0.2, 0.25) is 0 Å². The molecule has 0 spiro atoms. The molecule has 0 bridgehead atoms. The highest BCUT2D eigenvalue weighted by Crippen LogP contribution is 2.30. The number of nitrogens with one attached hydrogen (secondary N) is 1. The number of benzene rings is 2. The third kappa shape index (κ3) is 4.64. The summed E-state index contributed by atoms with van der Waals surface area (Å²) in [7, 11) is 0. The predicted molar refractivity (Wildman–Crippen MR) is 115 cm³/mol. The lowest BCUT2D eigenvalue weighted by Crippen LogP contribution is -2.39. The maximum absolute atomic E-state index is 12.5. The minimum absolute atomic E-state index is 0.287. The van der Waals surface area contributed by atoms with E-state index in [9.17, 15) is 4.79 Å². The van der Waals surface area contributed by atoms with Crippen LogP contribution >= 0.6 is 0 Å².